The summed E-state index contributed by atoms with van der Waals surface area (Å²) < 4.78 is 5.78. The molecule has 6 nitrogen and oxygen atoms in total. The average molecular weight is 383 g/mol. The van der Waals surface area contributed by atoms with Crippen molar-refractivity contribution in [1.82, 2.24) is 9.80 Å². The van der Waals surface area contributed by atoms with Gasteiger partial charge in [-0.15, -0.1) is 0 Å². The third-order valence-electron chi connectivity index (χ3n) is 4.31. The molecule has 150 valence electrons. The van der Waals surface area contributed by atoms with Crippen LogP contribution in [-0.4, -0.2) is 55.4 Å². The first-order valence-corrected chi connectivity index (χ1v) is 9.43. The maximum Gasteiger partial charge on any atom is 0.259 e. The van der Waals surface area contributed by atoms with Gasteiger partial charge in [-0.3, -0.25) is 9.59 Å². The summed E-state index contributed by atoms with van der Waals surface area (Å²) in [5.41, 5.74) is 2.14. The highest BCUT2D eigenvalue weighted by Gasteiger charge is 2.13. The number of nitrogens with one attached hydrogen (secondary N) is 1. The zero-order valence-corrected chi connectivity index (χ0v) is 17.1. The Kier molecular flexibility index (Phi) is 8.02. The molecule has 0 aliphatic heterocycles. The van der Waals surface area contributed by atoms with E-state index in [1.54, 1.807) is 24.0 Å². The van der Waals surface area contributed by atoms with Crippen molar-refractivity contribution in [2.75, 3.05) is 39.1 Å². The van der Waals surface area contributed by atoms with Crippen molar-refractivity contribution < 1.29 is 14.3 Å². The SMILES string of the molecule is CCN(Cc1cccc(NC(=O)c2ccccc2OCCN(C)C)c1)C(C)=O. The number of amides is 2. The Bertz CT molecular complexity index is 805. The molecule has 28 heavy (non-hydrogen) atoms. The molecule has 6 heteroatoms. The standard InChI is InChI=1S/C22H29N3O3/c1-5-25(17(2)26)16-18-9-8-10-19(15-18)23-22(27)20-11-6-7-12-21(20)28-14-13-24(3)4/h6-12,15H,5,13-14,16H2,1-4H3,(H,23,27). The van der Waals surface area contributed by atoms with E-state index in [0.717, 1.165) is 12.1 Å². The van der Waals surface area contributed by atoms with Gasteiger partial charge in [-0.05, 0) is 50.8 Å². The maximum atomic E-state index is 12.8. The van der Waals surface area contributed by atoms with Crippen molar-refractivity contribution in [3.8, 4) is 5.75 Å². The molecular weight excluding hydrogens is 354 g/mol. The number of nitrogens with zero attached hydrogens (tertiary/aromatic N) is 2. The van der Waals surface area contributed by atoms with Gasteiger partial charge < -0.3 is 19.9 Å². The first kappa shape index (κ1) is 21.4. The lowest BCUT2D eigenvalue weighted by Gasteiger charge is -2.19. The van der Waals surface area contributed by atoms with Gasteiger partial charge in [0.2, 0.25) is 5.91 Å². The predicted molar refractivity (Wildman–Crippen MR) is 112 cm³/mol. The number of likely N-dealkylation sites (N-methyl/N-ethyl adjacent to an activating group) is 1. The largest absolute Gasteiger partial charge is 0.491 e. The number of carbonyl (C=O) groups excluding carboxylic acids is 2. The molecule has 0 atom stereocenters. The van der Waals surface area contributed by atoms with Crippen molar-refractivity contribution in [3.63, 3.8) is 0 Å². The Morgan fingerprint density at radius 2 is 1.82 bits per heavy atom. The predicted octanol–water partition coefficient (Wildman–Crippen LogP) is 3.25. The van der Waals surface area contributed by atoms with E-state index in [1.165, 1.54) is 0 Å². The number of rotatable bonds is 9. The third kappa shape index (κ3) is 6.39. The Morgan fingerprint density at radius 1 is 1.07 bits per heavy atom. The topological polar surface area (TPSA) is 61.9 Å². The summed E-state index contributed by atoms with van der Waals surface area (Å²) in [6.07, 6.45) is 0. The van der Waals surface area contributed by atoms with Gasteiger partial charge in [-0.1, -0.05) is 24.3 Å². The van der Waals surface area contributed by atoms with E-state index in [9.17, 15) is 9.59 Å². The number of carbonyl (C=O) groups is 2. The molecule has 0 aliphatic rings. The van der Waals surface area contributed by atoms with Crippen LogP contribution >= 0.6 is 0 Å². The third-order valence-corrected chi connectivity index (χ3v) is 4.31. The minimum absolute atomic E-state index is 0.0285. The second-order valence-electron chi connectivity index (χ2n) is 6.84. The van der Waals surface area contributed by atoms with E-state index in [4.69, 9.17) is 4.74 Å². The van der Waals surface area contributed by atoms with Crippen LogP contribution in [0.5, 0.6) is 5.75 Å². The van der Waals surface area contributed by atoms with E-state index in [-0.39, 0.29) is 11.8 Å². The average Bonchev–Trinajstić information content (AvgIpc) is 2.66. The summed E-state index contributed by atoms with van der Waals surface area (Å²) in [4.78, 5) is 28.2. The fraction of sp³-hybridized carbons (Fsp3) is 0.364. The van der Waals surface area contributed by atoms with Crippen molar-refractivity contribution in [2.24, 2.45) is 0 Å². The summed E-state index contributed by atoms with van der Waals surface area (Å²) >= 11 is 0. The van der Waals surface area contributed by atoms with Crippen molar-refractivity contribution in [3.05, 3.63) is 59.7 Å². The van der Waals surface area contributed by atoms with Crippen LogP contribution in [0.25, 0.3) is 0 Å². The van der Waals surface area contributed by atoms with Crippen molar-refractivity contribution in [2.45, 2.75) is 20.4 Å². The molecule has 0 saturated heterocycles. The fourth-order valence-electron chi connectivity index (χ4n) is 2.73. The molecule has 0 aromatic heterocycles. The smallest absolute Gasteiger partial charge is 0.259 e. The lowest BCUT2D eigenvalue weighted by molar-refractivity contribution is -0.129. The highest BCUT2D eigenvalue weighted by molar-refractivity contribution is 6.06. The van der Waals surface area contributed by atoms with E-state index in [0.29, 0.717) is 36.7 Å². The molecule has 0 unspecified atom stereocenters. The van der Waals surface area contributed by atoms with Gasteiger partial charge in [0.15, 0.2) is 0 Å². The molecule has 0 spiro atoms. The van der Waals surface area contributed by atoms with Gasteiger partial charge >= 0.3 is 0 Å². The summed E-state index contributed by atoms with van der Waals surface area (Å²) in [5, 5.41) is 2.93. The number of hydrogen-bond acceptors (Lipinski definition) is 4. The van der Waals surface area contributed by atoms with Crippen molar-refractivity contribution >= 4 is 17.5 Å². The van der Waals surface area contributed by atoms with Gasteiger partial charge in [0.05, 0.1) is 5.56 Å². The Balaban J connectivity index is 2.09. The number of ether oxygens (including phenoxy) is 1. The minimum Gasteiger partial charge on any atom is -0.491 e. The van der Waals surface area contributed by atoms with Crippen LogP contribution in [0.4, 0.5) is 5.69 Å². The molecule has 2 rings (SSSR count). The normalized spacial score (nSPS) is 10.6. The lowest BCUT2D eigenvalue weighted by atomic mass is 10.1. The molecular formula is C22H29N3O3. The van der Waals surface area contributed by atoms with E-state index in [1.807, 2.05) is 62.3 Å². The second-order valence-corrected chi connectivity index (χ2v) is 6.84. The number of para-hydroxylation sites is 1. The molecule has 2 aromatic carbocycles. The van der Waals surface area contributed by atoms with Gasteiger partial charge in [0.25, 0.3) is 5.91 Å². The monoisotopic (exact) mass is 383 g/mol. The maximum absolute atomic E-state index is 12.8. The van der Waals surface area contributed by atoms with E-state index < -0.39 is 0 Å². The zero-order valence-electron chi connectivity index (χ0n) is 17.1. The van der Waals surface area contributed by atoms with Crippen LogP contribution in [0.1, 0.15) is 29.8 Å². The number of anilines is 1. The van der Waals surface area contributed by atoms with E-state index in [2.05, 4.69) is 5.32 Å². The molecule has 0 radical (unpaired) electrons. The number of hydrogen-bond donors (Lipinski definition) is 1. The molecule has 0 heterocycles. The van der Waals surface area contributed by atoms with Gasteiger partial charge in [-0.25, -0.2) is 0 Å². The van der Waals surface area contributed by atoms with Crippen LogP contribution in [0, 0.1) is 0 Å². The zero-order chi connectivity index (χ0) is 20.5. The van der Waals surface area contributed by atoms with Crippen LogP contribution in [0.2, 0.25) is 0 Å². The molecule has 0 bridgehead atoms. The molecule has 0 aliphatic carbocycles. The Labute approximate surface area is 167 Å². The van der Waals surface area contributed by atoms with Crippen molar-refractivity contribution in [1.29, 1.82) is 0 Å². The second kappa shape index (κ2) is 10.5. The van der Waals surface area contributed by atoms with Crippen LogP contribution in [0.3, 0.4) is 0 Å². The first-order valence-electron chi connectivity index (χ1n) is 9.43. The van der Waals surface area contributed by atoms with Gasteiger partial charge in [0, 0.05) is 32.2 Å². The Hall–Kier alpha value is -2.86. The molecule has 2 aromatic rings. The highest BCUT2D eigenvalue weighted by Crippen LogP contribution is 2.20. The minimum atomic E-state index is -0.225. The summed E-state index contributed by atoms with van der Waals surface area (Å²) in [5.74, 6) is 0.365. The van der Waals surface area contributed by atoms with Gasteiger partial charge in [0.1, 0.15) is 12.4 Å². The fourth-order valence-corrected chi connectivity index (χ4v) is 2.73. The number of benzene rings is 2. The van der Waals surface area contributed by atoms with Gasteiger partial charge in [-0.2, -0.15) is 0 Å². The summed E-state index contributed by atoms with van der Waals surface area (Å²) in [7, 11) is 3.95. The molecule has 0 saturated carbocycles. The van der Waals surface area contributed by atoms with E-state index >= 15 is 0 Å². The van der Waals surface area contributed by atoms with Crippen LogP contribution in [-0.2, 0) is 11.3 Å². The lowest BCUT2D eigenvalue weighted by Crippen LogP contribution is -2.27. The molecule has 1 N–H and O–H groups in total. The summed E-state index contributed by atoms with van der Waals surface area (Å²) in [6.45, 7) is 5.93. The summed E-state index contributed by atoms with van der Waals surface area (Å²) in [6, 6.07) is 14.8. The first-order chi connectivity index (χ1) is 13.4. The highest BCUT2D eigenvalue weighted by atomic mass is 16.5. The molecule has 0 fully saturated rings. The van der Waals surface area contributed by atoms with Crippen LogP contribution < -0.4 is 10.1 Å². The quantitative estimate of drug-likeness (QED) is 0.722. The van der Waals surface area contributed by atoms with Crippen LogP contribution in [0.15, 0.2) is 48.5 Å². The Morgan fingerprint density at radius 3 is 2.50 bits per heavy atom. The molecule has 2 amide bonds.